The Labute approximate surface area is 199 Å². The highest BCUT2D eigenvalue weighted by molar-refractivity contribution is 8.26. The molecule has 168 valence electrons. The van der Waals surface area contributed by atoms with Crippen molar-refractivity contribution >= 4 is 45.8 Å². The van der Waals surface area contributed by atoms with Gasteiger partial charge in [-0.2, -0.15) is 15.1 Å². The zero-order valence-corrected chi connectivity index (χ0v) is 18.8. The summed E-state index contributed by atoms with van der Waals surface area (Å²) in [6.07, 6.45) is 2.09. The van der Waals surface area contributed by atoms with Crippen LogP contribution in [-0.2, 0) is 16.0 Å². The normalized spacial score (nSPS) is 16.4. The summed E-state index contributed by atoms with van der Waals surface area (Å²) in [5.74, 6) is -0.0205. The Morgan fingerprint density at radius 2 is 1.88 bits per heavy atom. The van der Waals surface area contributed by atoms with Crippen LogP contribution in [0.3, 0.4) is 0 Å². The van der Waals surface area contributed by atoms with Crippen LogP contribution in [0.5, 0.6) is 0 Å². The Morgan fingerprint density at radius 1 is 1.12 bits per heavy atom. The van der Waals surface area contributed by atoms with E-state index < -0.39 is 11.9 Å². The Kier molecular flexibility index (Phi) is 5.69. The van der Waals surface area contributed by atoms with Gasteiger partial charge in [0.25, 0.3) is 5.91 Å². The molecule has 0 fully saturated rings. The Balaban J connectivity index is 1.36. The summed E-state index contributed by atoms with van der Waals surface area (Å²) in [5, 5.41) is 15.5. The Bertz CT molecular complexity index is 1390. The smallest absolute Gasteiger partial charge is 0.337 e. The van der Waals surface area contributed by atoms with Gasteiger partial charge >= 0.3 is 5.97 Å². The lowest BCUT2D eigenvalue weighted by Crippen LogP contribution is -2.35. The summed E-state index contributed by atoms with van der Waals surface area (Å²) >= 11 is 1.29. The molecule has 0 unspecified atom stereocenters. The molecule has 3 aromatic rings. The van der Waals surface area contributed by atoms with Gasteiger partial charge in [-0.3, -0.25) is 10.2 Å². The summed E-state index contributed by atoms with van der Waals surface area (Å²) in [6.45, 7) is 0. The molecule has 1 N–H and O–H groups in total. The number of carbonyl (C=O) groups is 2. The highest BCUT2D eigenvalue weighted by Gasteiger charge is 2.35. The molecule has 0 aliphatic carbocycles. The molecule has 0 spiro atoms. The molecule has 2 aliphatic rings. The number of nitrogens with zero attached hydrogens (tertiary/aromatic N) is 3. The summed E-state index contributed by atoms with van der Waals surface area (Å²) in [5.41, 5.74) is 2.38. The fraction of sp³-hybridized carbons (Fsp3) is 0.0800. The SMILES string of the molecule is COC(=O)c1ccc(-c2ccc(C=C3C(=N)N4N=C(Cc5ccccc5)SC4=NC3=O)o2)cc1. The number of amides is 1. The van der Waals surface area contributed by atoms with Crippen molar-refractivity contribution in [3.8, 4) is 11.3 Å². The minimum Gasteiger partial charge on any atom is -0.465 e. The molecular weight excluding hydrogens is 452 g/mol. The standard InChI is InChI=1S/C25H18N4O4S/c1-32-24(31)17-9-7-16(8-10-17)20-12-11-18(33-20)14-19-22(26)29-25(27-23(19)30)34-21(28-29)13-15-5-3-2-4-6-15/h2-12,14,26H,13H2,1H3. The summed E-state index contributed by atoms with van der Waals surface area (Å²) in [4.78, 5) is 28.4. The maximum atomic E-state index is 12.7. The number of thioether (sulfide) groups is 1. The van der Waals surface area contributed by atoms with Crippen LogP contribution in [0.15, 0.2) is 86.8 Å². The van der Waals surface area contributed by atoms with Gasteiger partial charge in [-0.15, -0.1) is 0 Å². The van der Waals surface area contributed by atoms with Gasteiger partial charge in [0.1, 0.15) is 16.6 Å². The number of hydrogen-bond donors (Lipinski definition) is 1. The molecule has 5 rings (SSSR count). The summed E-state index contributed by atoms with van der Waals surface area (Å²) in [7, 11) is 1.33. The van der Waals surface area contributed by atoms with E-state index in [-0.39, 0.29) is 11.4 Å². The first kappa shape index (κ1) is 21.6. The number of fused-ring (bicyclic) bond motifs is 1. The van der Waals surface area contributed by atoms with Gasteiger partial charge in [0, 0.05) is 12.0 Å². The number of aliphatic imine (C=N–C) groups is 1. The van der Waals surface area contributed by atoms with Crippen LogP contribution < -0.4 is 0 Å². The van der Waals surface area contributed by atoms with Crippen LogP contribution in [0.4, 0.5) is 0 Å². The van der Waals surface area contributed by atoms with E-state index in [1.807, 2.05) is 30.3 Å². The third kappa shape index (κ3) is 4.20. The van der Waals surface area contributed by atoms with E-state index in [9.17, 15) is 9.59 Å². The topological polar surface area (TPSA) is 108 Å². The molecule has 8 nitrogen and oxygen atoms in total. The molecule has 0 saturated heterocycles. The second-order valence-electron chi connectivity index (χ2n) is 7.45. The molecule has 1 amide bonds. The molecule has 2 aliphatic heterocycles. The minimum absolute atomic E-state index is 0.0501. The summed E-state index contributed by atoms with van der Waals surface area (Å²) in [6, 6.07) is 20.1. The first-order valence-corrected chi connectivity index (χ1v) is 11.1. The van der Waals surface area contributed by atoms with Gasteiger partial charge in [0.2, 0.25) is 5.17 Å². The van der Waals surface area contributed by atoms with E-state index in [1.165, 1.54) is 30.0 Å². The third-order valence-corrected chi connectivity index (χ3v) is 6.11. The number of hydrogen-bond acceptors (Lipinski definition) is 7. The molecule has 34 heavy (non-hydrogen) atoms. The van der Waals surface area contributed by atoms with Gasteiger partial charge < -0.3 is 9.15 Å². The average Bonchev–Trinajstić information content (AvgIpc) is 3.49. The van der Waals surface area contributed by atoms with E-state index in [0.717, 1.165) is 16.2 Å². The number of furan rings is 1. The molecule has 0 radical (unpaired) electrons. The van der Waals surface area contributed by atoms with E-state index >= 15 is 0 Å². The molecular formula is C25H18N4O4S. The van der Waals surface area contributed by atoms with Crippen LogP contribution in [-0.4, -0.2) is 40.0 Å². The van der Waals surface area contributed by atoms with Crippen LogP contribution in [0.1, 0.15) is 21.7 Å². The molecule has 2 aromatic carbocycles. The Morgan fingerprint density at radius 3 is 2.62 bits per heavy atom. The largest absolute Gasteiger partial charge is 0.465 e. The predicted octanol–water partition coefficient (Wildman–Crippen LogP) is 4.60. The molecule has 1 aromatic heterocycles. The zero-order chi connectivity index (χ0) is 23.7. The first-order chi connectivity index (χ1) is 16.5. The monoisotopic (exact) mass is 470 g/mol. The van der Waals surface area contributed by atoms with Gasteiger partial charge in [-0.25, -0.2) is 4.79 Å². The lowest BCUT2D eigenvalue weighted by molar-refractivity contribution is -0.114. The number of nitrogens with one attached hydrogen (secondary N) is 1. The fourth-order valence-corrected chi connectivity index (χ4v) is 4.41. The highest BCUT2D eigenvalue weighted by Crippen LogP contribution is 2.30. The quantitative estimate of drug-likeness (QED) is 0.431. The van der Waals surface area contributed by atoms with E-state index in [1.54, 1.807) is 36.4 Å². The number of benzene rings is 2. The van der Waals surface area contributed by atoms with Crippen molar-refractivity contribution < 1.29 is 18.7 Å². The second kappa shape index (κ2) is 8.95. The van der Waals surface area contributed by atoms with E-state index in [4.69, 9.17) is 14.6 Å². The maximum Gasteiger partial charge on any atom is 0.337 e. The molecule has 9 heteroatoms. The molecule has 0 atom stereocenters. The summed E-state index contributed by atoms with van der Waals surface area (Å²) < 4.78 is 10.6. The molecule has 0 saturated carbocycles. The average molecular weight is 471 g/mol. The number of amidine groups is 2. The van der Waals surface area contributed by atoms with Gasteiger partial charge in [-0.05, 0) is 47.7 Å². The fourth-order valence-electron chi connectivity index (χ4n) is 3.49. The van der Waals surface area contributed by atoms with Crippen molar-refractivity contribution in [3.63, 3.8) is 0 Å². The van der Waals surface area contributed by atoms with Crippen molar-refractivity contribution in [2.75, 3.05) is 7.11 Å². The number of carbonyl (C=O) groups excluding carboxylic acids is 2. The van der Waals surface area contributed by atoms with Crippen molar-refractivity contribution in [2.45, 2.75) is 6.42 Å². The first-order valence-electron chi connectivity index (χ1n) is 10.3. The number of rotatable bonds is 5. The van der Waals surface area contributed by atoms with Crippen molar-refractivity contribution in [2.24, 2.45) is 10.1 Å². The zero-order valence-electron chi connectivity index (χ0n) is 18.0. The lowest BCUT2D eigenvalue weighted by atomic mass is 10.1. The Hall–Kier alpha value is -4.24. The highest BCUT2D eigenvalue weighted by atomic mass is 32.2. The maximum absolute atomic E-state index is 12.7. The molecule has 3 heterocycles. The van der Waals surface area contributed by atoms with Crippen molar-refractivity contribution in [1.29, 1.82) is 5.41 Å². The van der Waals surface area contributed by atoms with Gasteiger partial charge in [0.15, 0.2) is 5.84 Å². The number of hydrazone groups is 1. The van der Waals surface area contributed by atoms with Crippen LogP contribution in [0, 0.1) is 5.41 Å². The lowest BCUT2D eigenvalue weighted by Gasteiger charge is -2.19. The third-order valence-electron chi connectivity index (χ3n) is 5.20. The predicted molar refractivity (Wildman–Crippen MR) is 131 cm³/mol. The minimum atomic E-state index is -0.514. The van der Waals surface area contributed by atoms with Gasteiger partial charge in [-0.1, -0.05) is 42.5 Å². The second-order valence-corrected chi connectivity index (χ2v) is 8.49. The van der Waals surface area contributed by atoms with Crippen molar-refractivity contribution in [1.82, 2.24) is 5.01 Å². The van der Waals surface area contributed by atoms with Crippen LogP contribution >= 0.6 is 11.8 Å². The molecule has 0 bridgehead atoms. The van der Waals surface area contributed by atoms with E-state index in [2.05, 4.69) is 10.1 Å². The van der Waals surface area contributed by atoms with Crippen LogP contribution in [0.2, 0.25) is 0 Å². The number of ether oxygens (including phenoxy) is 1. The number of esters is 1. The van der Waals surface area contributed by atoms with Gasteiger partial charge in [0.05, 0.1) is 18.2 Å². The van der Waals surface area contributed by atoms with Crippen molar-refractivity contribution in [3.05, 3.63) is 89.2 Å². The van der Waals surface area contributed by atoms with Crippen LogP contribution in [0.25, 0.3) is 17.4 Å². The van der Waals surface area contributed by atoms with E-state index in [0.29, 0.717) is 28.7 Å². The number of methoxy groups -OCH3 is 1.